The molecule has 0 spiro atoms. The lowest BCUT2D eigenvalue weighted by molar-refractivity contribution is 0.0380. The molecule has 1 aromatic heterocycles. The van der Waals surface area contributed by atoms with E-state index in [4.69, 9.17) is 9.47 Å². The molecule has 1 unspecified atom stereocenters. The van der Waals surface area contributed by atoms with Crippen molar-refractivity contribution >= 4 is 15.9 Å². The van der Waals surface area contributed by atoms with E-state index in [1.807, 2.05) is 19.2 Å². The van der Waals surface area contributed by atoms with Crippen molar-refractivity contribution in [2.75, 3.05) is 19.8 Å². The zero-order valence-corrected chi connectivity index (χ0v) is 11.4. The summed E-state index contributed by atoms with van der Waals surface area (Å²) in [5.41, 5.74) is 1.04. The van der Waals surface area contributed by atoms with Gasteiger partial charge in [0.25, 0.3) is 5.56 Å². The van der Waals surface area contributed by atoms with Gasteiger partial charge in [0, 0.05) is 19.3 Å². The number of halogens is 1. The van der Waals surface area contributed by atoms with Crippen LogP contribution in [0.25, 0.3) is 0 Å². The summed E-state index contributed by atoms with van der Waals surface area (Å²) < 4.78 is 13.1. The van der Waals surface area contributed by atoms with Crippen LogP contribution >= 0.6 is 15.9 Å². The molecule has 0 N–H and O–H groups in total. The summed E-state index contributed by atoms with van der Waals surface area (Å²) in [6.45, 7) is 4.54. The smallest absolute Gasteiger partial charge is 0.264 e. The summed E-state index contributed by atoms with van der Waals surface area (Å²) in [5.74, 6) is 0. The Bertz CT molecular complexity index is 438. The van der Waals surface area contributed by atoms with Crippen molar-refractivity contribution in [2.24, 2.45) is 0 Å². The fraction of sp³-hybridized carbons (Fsp3) is 0.583. The highest BCUT2D eigenvalue weighted by atomic mass is 79.9. The summed E-state index contributed by atoms with van der Waals surface area (Å²) in [6.07, 6.45) is 2.99. The third kappa shape index (κ3) is 3.40. The Morgan fingerprint density at radius 1 is 1.65 bits per heavy atom. The lowest BCUT2D eigenvalue weighted by atomic mass is 10.3. The average molecular weight is 302 g/mol. The summed E-state index contributed by atoms with van der Waals surface area (Å²) in [5, 5.41) is 0. The van der Waals surface area contributed by atoms with Gasteiger partial charge in [-0.1, -0.05) is 0 Å². The Morgan fingerprint density at radius 3 is 3.18 bits per heavy atom. The van der Waals surface area contributed by atoms with Crippen LogP contribution < -0.4 is 5.56 Å². The van der Waals surface area contributed by atoms with Crippen LogP contribution in [0.2, 0.25) is 0 Å². The van der Waals surface area contributed by atoms with E-state index < -0.39 is 0 Å². The van der Waals surface area contributed by atoms with Gasteiger partial charge in [0.05, 0.1) is 23.8 Å². The van der Waals surface area contributed by atoms with Crippen LogP contribution in [0.3, 0.4) is 0 Å². The SMILES string of the molecule is Cc1cc(Br)c(=O)n(CCOC2CCOC2)c1. The summed E-state index contributed by atoms with van der Waals surface area (Å²) in [7, 11) is 0. The van der Waals surface area contributed by atoms with Gasteiger partial charge in [0.1, 0.15) is 0 Å². The molecule has 1 aliphatic rings. The molecule has 0 bridgehead atoms. The molecule has 1 atom stereocenters. The standard InChI is InChI=1S/C12H16BrNO3/c1-9-6-11(13)12(15)14(7-9)3-5-17-10-2-4-16-8-10/h6-7,10H,2-5,8H2,1H3. The first-order valence-corrected chi connectivity index (χ1v) is 6.52. The zero-order chi connectivity index (χ0) is 12.3. The summed E-state index contributed by atoms with van der Waals surface area (Å²) >= 11 is 3.26. The monoisotopic (exact) mass is 301 g/mol. The van der Waals surface area contributed by atoms with Gasteiger partial charge in [-0.3, -0.25) is 4.79 Å². The molecule has 17 heavy (non-hydrogen) atoms. The minimum absolute atomic E-state index is 0.0122. The summed E-state index contributed by atoms with van der Waals surface area (Å²) in [4.78, 5) is 11.8. The molecule has 0 radical (unpaired) electrons. The number of rotatable bonds is 4. The second-order valence-electron chi connectivity index (χ2n) is 4.22. The van der Waals surface area contributed by atoms with Gasteiger partial charge in [-0.15, -0.1) is 0 Å². The molecule has 0 aliphatic carbocycles. The minimum Gasteiger partial charge on any atom is -0.379 e. The van der Waals surface area contributed by atoms with E-state index in [0.717, 1.165) is 18.6 Å². The Balaban J connectivity index is 1.92. The van der Waals surface area contributed by atoms with Gasteiger partial charge in [-0.05, 0) is 40.9 Å². The molecule has 1 saturated heterocycles. The fourth-order valence-electron chi connectivity index (χ4n) is 1.87. The number of hydrogen-bond donors (Lipinski definition) is 0. The Hall–Kier alpha value is -0.650. The largest absolute Gasteiger partial charge is 0.379 e. The van der Waals surface area contributed by atoms with Crippen LogP contribution in [0.15, 0.2) is 21.5 Å². The number of nitrogens with zero attached hydrogens (tertiary/aromatic N) is 1. The predicted molar refractivity (Wildman–Crippen MR) is 68.3 cm³/mol. The number of aryl methyl sites for hydroxylation is 1. The van der Waals surface area contributed by atoms with E-state index in [2.05, 4.69) is 15.9 Å². The van der Waals surface area contributed by atoms with E-state index in [1.165, 1.54) is 0 Å². The maximum Gasteiger partial charge on any atom is 0.264 e. The van der Waals surface area contributed by atoms with E-state index in [9.17, 15) is 4.79 Å². The second-order valence-corrected chi connectivity index (χ2v) is 5.07. The van der Waals surface area contributed by atoms with E-state index >= 15 is 0 Å². The molecule has 4 nitrogen and oxygen atoms in total. The van der Waals surface area contributed by atoms with Crippen molar-refractivity contribution in [3.8, 4) is 0 Å². The van der Waals surface area contributed by atoms with Gasteiger partial charge in [-0.2, -0.15) is 0 Å². The van der Waals surface area contributed by atoms with Gasteiger partial charge < -0.3 is 14.0 Å². The lowest BCUT2D eigenvalue weighted by Gasteiger charge is -2.11. The number of aromatic nitrogens is 1. The third-order valence-corrected chi connectivity index (χ3v) is 3.32. The molecule has 1 fully saturated rings. The number of ether oxygens (including phenoxy) is 2. The van der Waals surface area contributed by atoms with Crippen molar-refractivity contribution in [1.82, 2.24) is 4.57 Å². The molecule has 0 aromatic carbocycles. The Kier molecular flexibility index (Phi) is 4.36. The summed E-state index contributed by atoms with van der Waals surface area (Å²) in [6, 6.07) is 1.82. The molecular formula is C12H16BrNO3. The normalized spacial score (nSPS) is 19.8. The van der Waals surface area contributed by atoms with Crippen LogP contribution in [-0.2, 0) is 16.0 Å². The molecule has 1 aromatic rings. The molecule has 2 heterocycles. The van der Waals surface area contributed by atoms with Crippen molar-refractivity contribution in [3.05, 3.63) is 32.7 Å². The van der Waals surface area contributed by atoms with Crippen LogP contribution in [0.1, 0.15) is 12.0 Å². The van der Waals surface area contributed by atoms with E-state index in [-0.39, 0.29) is 11.7 Å². The van der Waals surface area contributed by atoms with Crippen molar-refractivity contribution in [3.63, 3.8) is 0 Å². The van der Waals surface area contributed by atoms with Crippen LogP contribution in [-0.4, -0.2) is 30.5 Å². The highest BCUT2D eigenvalue weighted by molar-refractivity contribution is 9.10. The lowest BCUT2D eigenvalue weighted by Crippen LogP contribution is -2.24. The molecule has 94 valence electrons. The first-order valence-electron chi connectivity index (χ1n) is 5.73. The van der Waals surface area contributed by atoms with Crippen LogP contribution in [0.4, 0.5) is 0 Å². The average Bonchev–Trinajstić information content (AvgIpc) is 2.78. The van der Waals surface area contributed by atoms with Crippen LogP contribution in [0.5, 0.6) is 0 Å². The van der Waals surface area contributed by atoms with Gasteiger partial charge in [0.15, 0.2) is 0 Å². The predicted octanol–water partition coefficient (Wildman–Crippen LogP) is 1.72. The van der Waals surface area contributed by atoms with Crippen molar-refractivity contribution in [2.45, 2.75) is 26.0 Å². The number of hydrogen-bond acceptors (Lipinski definition) is 3. The van der Waals surface area contributed by atoms with Crippen molar-refractivity contribution in [1.29, 1.82) is 0 Å². The zero-order valence-electron chi connectivity index (χ0n) is 9.82. The topological polar surface area (TPSA) is 40.5 Å². The maximum absolute atomic E-state index is 11.8. The molecular weight excluding hydrogens is 286 g/mol. The van der Waals surface area contributed by atoms with Crippen molar-refractivity contribution < 1.29 is 9.47 Å². The second kappa shape index (κ2) is 5.80. The highest BCUT2D eigenvalue weighted by Crippen LogP contribution is 2.09. The Labute approximate surface area is 109 Å². The van der Waals surface area contributed by atoms with Gasteiger partial charge >= 0.3 is 0 Å². The quantitative estimate of drug-likeness (QED) is 0.850. The Morgan fingerprint density at radius 2 is 2.47 bits per heavy atom. The third-order valence-electron chi connectivity index (χ3n) is 2.75. The first-order chi connectivity index (χ1) is 8.16. The van der Waals surface area contributed by atoms with Gasteiger partial charge in [0.2, 0.25) is 0 Å². The molecule has 2 rings (SSSR count). The van der Waals surface area contributed by atoms with E-state index in [0.29, 0.717) is 24.2 Å². The molecule has 1 aliphatic heterocycles. The number of pyridine rings is 1. The van der Waals surface area contributed by atoms with Gasteiger partial charge in [-0.25, -0.2) is 0 Å². The van der Waals surface area contributed by atoms with Crippen LogP contribution in [0, 0.1) is 6.92 Å². The molecule has 0 saturated carbocycles. The molecule has 0 amide bonds. The van der Waals surface area contributed by atoms with E-state index in [1.54, 1.807) is 4.57 Å². The minimum atomic E-state index is -0.0122. The maximum atomic E-state index is 11.8. The highest BCUT2D eigenvalue weighted by Gasteiger charge is 2.15. The first kappa shape index (κ1) is 12.8. The molecule has 5 heteroatoms. The fourth-order valence-corrected chi connectivity index (χ4v) is 2.46.